The van der Waals surface area contributed by atoms with Gasteiger partial charge in [-0.15, -0.1) is 0 Å². The molecule has 1 atom stereocenters. The summed E-state index contributed by atoms with van der Waals surface area (Å²) < 4.78 is 18.2. The zero-order valence-corrected chi connectivity index (χ0v) is 18.4. The van der Waals surface area contributed by atoms with Crippen LogP contribution in [-0.4, -0.2) is 41.5 Å². The first-order chi connectivity index (χ1) is 15.6. The predicted octanol–water partition coefficient (Wildman–Crippen LogP) is 3.62. The van der Waals surface area contributed by atoms with Crippen LogP contribution in [-0.2, 0) is 4.79 Å². The summed E-state index contributed by atoms with van der Waals surface area (Å²) in [6.45, 7) is 4.27. The zero-order chi connectivity index (χ0) is 22.7. The topological polar surface area (TPSA) is 99.5 Å². The number of ether oxygens (including phenoxy) is 3. The molecule has 9 nitrogen and oxygen atoms in total. The van der Waals surface area contributed by atoms with E-state index in [1.807, 2.05) is 44.2 Å². The van der Waals surface area contributed by atoms with Crippen LogP contribution in [0.2, 0.25) is 0 Å². The quantitative estimate of drug-likeness (QED) is 0.585. The molecule has 4 rings (SSSR count). The van der Waals surface area contributed by atoms with E-state index < -0.39 is 6.04 Å². The van der Waals surface area contributed by atoms with Gasteiger partial charge in [0.1, 0.15) is 18.1 Å². The van der Waals surface area contributed by atoms with Gasteiger partial charge in [-0.25, -0.2) is 4.68 Å². The number of aromatic nitrogens is 3. The molecular formula is C23H25N5O4. The molecule has 3 aromatic rings. The molecule has 0 radical (unpaired) electrons. The van der Waals surface area contributed by atoms with E-state index in [4.69, 9.17) is 14.2 Å². The van der Waals surface area contributed by atoms with Crippen molar-refractivity contribution in [2.45, 2.75) is 19.9 Å². The molecule has 2 heterocycles. The normalized spacial score (nSPS) is 14.9. The molecule has 9 heteroatoms. The SMILES string of the molecule is CCOc1ccc([C@H]2C(C(=O)Nc3ccccc3OC)=C(C)Nc3ncnn32)cc1OC. The Balaban J connectivity index is 1.77. The van der Waals surface area contributed by atoms with Gasteiger partial charge in [-0.05, 0) is 43.7 Å². The summed E-state index contributed by atoms with van der Waals surface area (Å²) in [7, 11) is 3.15. The maximum atomic E-state index is 13.5. The number of carbonyl (C=O) groups is 1. The number of allylic oxidation sites excluding steroid dienone is 1. The summed E-state index contributed by atoms with van der Waals surface area (Å²) in [5.74, 6) is 2.05. The fourth-order valence-corrected chi connectivity index (χ4v) is 3.76. The fraction of sp³-hybridized carbons (Fsp3) is 0.261. The monoisotopic (exact) mass is 435 g/mol. The van der Waals surface area contributed by atoms with E-state index in [1.54, 1.807) is 31.0 Å². The number of hydrogen-bond acceptors (Lipinski definition) is 7. The molecule has 166 valence electrons. The Labute approximate surface area is 186 Å². The van der Waals surface area contributed by atoms with Crippen molar-refractivity contribution in [3.05, 3.63) is 65.6 Å². The molecule has 0 saturated heterocycles. The second-order valence-electron chi connectivity index (χ2n) is 7.09. The van der Waals surface area contributed by atoms with Gasteiger partial charge >= 0.3 is 0 Å². The summed E-state index contributed by atoms with van der Waals surface area (Å²) in [5.41, 5.74) is 2.56. The lowest BCUT2D eigenvalue weighted by atomic mass is 9.94. The third-order valence-corrected chi connectivity index (χ3v) is 5.20. The third kappa shape index (κ3) is 3.84. The molecule has 1 aliphatic heterocycles. The van der Waals surface area contributed by atoms with E-state index in [-0.39, 0.29) is 5.91 Å². The number of nitrogens with one attached hydrogen (secondary N) is 2. The number of carbonyl (C=O) groups excluding carboxylic acids is 1. The number of fused-ring (bicyclic) bond motifs is 1. The van der Waals surface area contributed by atoms with Crippen LogP contribution in [0.5, 0.6) is 17.2 Å². The highest BCUT2D eigenvalue weighted by atomic mass is 16.5. The summed E-state index contributed by atoms with van der Waals surface area (Å²) in [5, 5.41) is 10.5. The molecule has 2 N–H and O–H groups in total. The van der Waals surface area contributed by atoms with Crippen molar-refractivity contribution >= 4 is 17.5 Å². The van der Waals surface area contributed by atoms with Gasteiger partial charge in [0.25, 0.3) is 5.91 Å². The summed E-state index contributed by atoms with van der Waals surface area (Å²) in [6, 6.07) is 12.3. The number of methoxy groups -OCH3 is 2. The van der Waals surface area contributed by atoms with Gasteiger partial charge < -0.3 is 24.8 Å². The first-order valence-electron chi connectivity index (χ1n) is 10.2. The van der Waals surface area contributed by atoms with Crippen molar-refractivity contribution in [3.63, 3.8) is 0 Å². The van der Waals surface area contributed by atoms with Crippen LogP contribution < -0.4 is 24.8 Å². The van der Waals surface area contributed by atoms with Gasteiger partial charge in [0.05, 0.1) is 32.1 Å². The third-order valence-electron chi connectivity index (χ3n) is 5.20. The number of para-hydroxylation sites is 2. The van der Waals surface area contributed by atoms with Crippen LogP contribution in [0.4, 0.5) is 11.6 Å². The molecule has 0 unspecified atom stereocenters. The first-order valence-corrected chi connectivity index (χ1v) is 10.2. The highest BCUT2D eigenvalue weighted by Crippen LogP contribution is 2.39. The van der Waals surface area contributed by atoms with E-state index >= 15 is 0 Å². The average Bonchev–Trinajstić information content (AvgIpc) is 3.27. The maximum Gasteiger partial charge on any atom is 0.255 e. The van der Waals surface area contributed by atoms with Gasteiger partial charge in [-0.2, -0.15) is 10.1 Å². The summed E-state index contributed by atoms with van der Waals surface area (Å²) in [4.78, 5) is 17.8. The van der Waals surface area contributed by atoms with Crippen molar-refractivity contribution in [1.82, 2.24) is 14.8 Å². The Morgan fingerprint density at radius 2 is 1.91 bits per heavy atom. The van der Waals surface area contributed by atoms with E-state index in [9.17, 15) is 4.79 Å². The molecule has 0 saturated carbocycles. The van der Waals surface area contributed by atoms with E-state index in [0.29, 0.717) is 46.8 Å². The number of anilines is 2. The van der Waals surface area contributed by atoms with E-state index in [2.05, 4.69) is 20.7 Å². The standard InChI is InChI=1S/C23H25N5O4/c1-5-32-18-11-10-15(12-19(18)31-4)21-20(14(2)26-23-24-13-25-28(21)23)22(29)27-16-8-6-7-9-17(16)30-3/h6-13,21H,5H2,1-4H3,(H,27,29)(H,24,25,26)/t21-/m0/s1. The van der Waals surface area contributed by atoms with Crippen LogP contribution in [0.1, 0.15) is 25.5 Å². The molecular weight excluding hydrogens is 410 g/mol. The molecule has 1 amide bonds. The van der Waals surface area contributed by atoms with Crippen LogP contribution in [0.3, 0.4) is 0 Å². The maximum absolute atomic E-state index is 13.5. The molecule has 1 aliphatic rings. The Bertz CT molecular complexity index is 1170. The number of benzene rings is 2. The minimum absolute atomic E-state index is 0.279. The molecule has 0 spiro atoms. The smallest absolute Gasteiger partial charge is 0.255 e. The van der Waals surface area contributed by atoms with Crippen LogP contribution in [0.25, 0.3) is 0 Å². The van der Waals surface area contributed by atoms with Crippen molar-refractivity contribution in [3.8, 4) is 17.2 Å². The minimum Gasteiger partial charge on any atom is -0.495 e. The van der Waals surface area contributed by atoms with Gasteiger partial charge in [-0.3, -0.25) is 4.79 Å². The van der Waals surface area contributed by atoms with Crippen molar-refractivity contribution < 1.29 is 19.0 Å². The molecule has 1 aromatic heterocycles. The number of hydrogen-bond donors (Lipinski definition) is 2. The fourth-order valence-electron chi connectivity index (χ4n) is 3.76. The van der Waals surface area contributed by atoms with Crippen molar-refractivity contribution in [1.29, 1.82) is 0 Å². The van der Waals surface area contributed by atoms with Crippen LogP contribution in [0, 0.1) is 0 Å². The Morgan fingerprint density at radius 3 is 2.66 bits per heavy atom. The van der Waals surface area contributed by atoms with Gasteiger partial charge in [0, 0.05) is 5.70 Å². The molecule has 0 bridgehead atoms. The lowest BCUT2D eigenvalue weighted by molar-refractivity contribution is -0.113. The van der Waals surface area contributed by atoms with Gasteiger partial charge in [0.15, 0.2) is 11.5 Å². The number of rotatable bonds is 7. The number of nitrogens with zero attached hydrogens (tertiary/aromatic N) is 3. The lowest BCUT2D eigenvalue weighted by Crippen LogP contribution is -2.31. The Hall–Kier alpha value is -4.01. The molecule has 2 aromatic carbocycles. The summed E-state index contributed by atoms with van der Waals surface area (Å²) in [6.07, 6.45) is 1.45. The highest BCUT2D eigenvalue weighted by Gasteiger charge is 2.34. The van der Waals surface area contributed by atoms with Crippen LogP contribution >= 0.6 is 0 Å². The predicted molar refractivity (Wildman–Crippen MR) is 120 cm³/mol. The zero-order valence-electron chi connectivity index (χ0n) is 18.4. The Morgan fingerprint density at radius 1 is 1.12 bits per heavy atom. The van der Waals surface area contributed by atoms with Crippen molar-refractivity contribution in [2.75, 3.05) is 31.5 Å². The minimum atomic E-state index is -0.520. The van der Waals surface area contributed by atoms with Crippen LogP contribution in [0.15, 0.2) is 60.1 Å². The largest absolute Gasteiger partial charge is 0.495 e. The van der Waals surface area contributed by atoms with E-state index in [1.165, 1.54) is 6.33 Å². The van der Waals surface area contributed by atoms with Gasteiger partial charge in [-0.1, -0.05) is 18.2 Å². The Kier molecular flexibility index (Phi) is 5.98. The lowest BCUT2D eigenvalue weighted by Gasteiger charge is -2.29. The van der Waals surface area contributed by atoms with Crippen molar-refractivity contribution in [2.24, 2.45) is 0 Å². The van der Waals surface area contributed by atoms with E-state index in [0.717, 1.165) is 5.56 Å². The summed E-state index contributed by atoms with van der Waals surface area (Å²) >= 11 is 0. The highest BCUT2D eigenvalue weighted by molar-refractivity contribution is 6.06. The first kappa shape index (κ1) is 21.2. The molecule has 32 heavy (non-hydrogen) atoms. The molecule has 0 aliphatic carbocycles. The average molecular weight is 435 g/mol. The second-order valence-corrected chi connectivity index (χ2v) is 7.09. The van der Waals surface area contributed by atoms with Gasteiger partial charge in [0.2, 0.25) is 5.95 Å². The number of amides is 1. The molecule has 0 fully saturated rings. The second kappa shape index (κ2) is 9.01.